The van der Waals surface area contributed by atoms with Crippen molar-refractivity contribution in [1.82, 2.24) is 10.6 Å². The number of carbonyl (C=O) groups excluding carboxylic acids is 2. The van der Waals surface area contributed by atoms with Crippen LogP contribution in [0, 0.1) is 0 Å². The Labute approximate surface area is 102 Å². The van der Waals surface area contributed by atoms with Gasteiger partial charge < -0.3 is 20.5 Å². The van der Waals surface area contributed by atoms with E-state index in [0.717, 1.165) is 0 Å². The maximum absolute atomic E-state index is 11.3. The fraction of sp³-hybridized carbons (Fsp3) is 0.818. The third kappa shape index (κ3) is 7.70. The number of hydrogen-bond acceptors (Lipinski definition) is 5. The van der Waals surface area contributed by atoms with Gasteiger partial charge in [0.05, 0.1) is 25.2 Å². The third-order valence-electron chi connectivity index (χ3n) is 2.11. The van der Waals surface area contributed by atoms with Crippen molar-refractivity contribution in [1.29, 1.82) is 0 Å². The van der Waals surface area contributed by atoms with Crippen LogP contribution < -0.4 is 10.6 Å². The number of esters is 1. The highest BCUT2D eigenvalue weighted by Gasteiger charge is 2.15. The molecule has 0 radical (unpaired) electrons. The summed E-state index contributed by atoms with van der Waals surface area (Å²) < 4.78 is 4.70. The Kier molecular flexibility index (Phi) is 8.35. The van der Waals surface area contributed by atoms with Crippen LogP contribution in [0.4, 0.5) is 0 Å². The highest BCUT2D eigenvalue weighted by Crippen LogP contribution is 1.94. The lowest BCUT2D eigenvalue weighted by Gasteiger charge is -2.16. The first-order chi connectivity index (χ1) is 8.01. The number of aliphatic hydroxyl groups excluding tert-OH is 1. The number of amides is 1. The fourth-order valence-electron chi connectivity index (χ4n) is 1.22. The van der Waals surface area contributed by atoms with Gasteiger partial charge in [0.1, 0.15) is 0 Å². The number of likely N-dealkylation sites (N-methyl/N-ethyl adjacent to an activating group) is 1. The SMILES string of the molecule is CCNC(=O)C(C)NCC(O)CC(=O)OCC. The first-order valence-corrected chi connectivity index (χ1v) is 5.86. The summed E-state index contributed by atoms with van der Waals surface area (Å²) in [6.45, 7) is 6.28. The van der Waals surface area contributed by atoms with Crippen molar-refractivity contribution < 1.29 is 19.4 Å². The van der Waals surface area contributed by atoms with Gasteiger partial charge in [0.25, 0.3) is 0 Å². The molecule has 0 aliphatic rings. The smallest absolute Gasteiger partial charge is 0.308 e. The molecule has 0 aromatic heterocycles. The number of carbonyl (C=O) groups is 2. The van der Waals surface area contributed by atoms with Crippen LogP contribution >= 0.6 is 0 Å². The monoisotopic (exact) mass is 246 g/mol. The lowest BCUT2D eigenvalue weighted by molar-refractivity contribution is -0.145. The van der Waals surface area contributed by atoms with Crippen molar-refractivity contribution in [2.45, 2.75) is 39.3 Å². The quantitative estimate of drug-likeness (QED) is 0.498. The third-order valence-corrected chi connectivity index (χ3v) is 2.11. The molecule has 0 aromatic rings. The van der Waals surface area contributed by atoms with E-state index in [2.05, 4.69) is 10.6 Å². The molecule has 0 fully saturated rings. The van der Waals surface area contributed by atoms with E-state index in [1.165, 1.54) is 0 Å². The van der Waals surface area contributed by atoms with E-state index in [4.69, 9.17) is 4.74 Å². The molecule has 3 N–H and O–H groups in total. The van der Waals surface area contributed by atoms with E-state index in [9.17, 15) is 14.7 Å². The average Bonchev–Trinajstić information content (AvgIpc) is 2.26. The molecule has 6 nitrogen and oxygen atoms in total. The van der Waals surface area contributed by atoms with Gasteiger partial charge in [-0.3, -0.25) is 9.59 Å². The molecule has 2 atom stereocenters. The predicted octanol–water partition coefficient (Wildman–Crippen LogP) is -0.585. The molecule has 0 bridgehead atoms. The van der Waals surface area contributed by atoms with E-state index >= 15 is 0 Å². The van der Waals surface area contributed by atoms with Gasteiger partial charge in [-0.05, 0) is 20.8 Å². The normalized spacial score (nSPS) is 13.9. The van der Waals surface area contributed by atoms with E-state index < -0.39 is 18.1 Å². The van der Waals surface area contributed by atoms with Gasteiger partial charge in [-0.15, -0.1) is 0 Å². The second-order valence-electron chi connectivity index (χ2n) is 3.69. The first kappa shape index (κ1) is 15.9. The van der Waals surface area contributed by atoms with Crippen molar-refractivity contribution in [2.75, 3.05) is 19.7 Å². The number of aliphatic hydroxyl groups is 1. The first-order valence-electron chi connectivity index (χ1n) is 5.86. The number of hydrogen-bond donors (Lipinski definition) is 3. The Hall–Kier alpha value is -1.14. The molecule has 1 amide bonds. The Bertz CT molecular complexity index is 246. The Morgan fingerprint density at radius 3 is 2.53 bits per heavy atom. The lowest BCUT2D eigenvalue weighted by atomic mass is 10.2. The zero-order valence-electron chi connectivity index (χ0n) is 10.7. The summed E-state index contributed by atoms with van der Waals surface area (Å²) in [7, 11) is 0. The van der Waals surface area contributed by atoms with Crippen molar-refractivity contribution in [3.63, 3.8) is 0 Å². The predicted molar refractivity (Wildman–Crippen MR) is 63.4 cm³/mol. The molecule has 0 spiro atoms. The zero-order chi connectivity index (χ0) is 13.3. The van der Waals surface area contributed by atoms with Crippen LogP contribution in [0.2, 0.25) is 0 Å². The molecule has 2 unspecified atom stereocenters. The largest absolute Gasteiger partial charge is 0.466 e. The maximum Gasteiger partial charge on any atom is 0.308 e. The van der Waals surface area contributed by atoms with Crippen molar-refractivity contribution in [2.24, 2.45) is 0 Å². The van der Waals surface area contributed by atoms with Gasteiger partial charge >= 0.3 is 5.97 Å². The zero-order valence-corrected chi connectivity index (χ0v) is 10.7. The highest BCUT2D eigenvalue weighted by atomic mass is 16.5. The van der Waals surface area contributed by atoms with Crippen LogP contribution in [-0.4, -0.2) is 48.8 Å². The minimum Gasteiger partial charge on any atom is -0.466 e. The summed E-state index contributed by atoms with van der Waals surface area (Å²) in [5.74, 6) is -0.566. The van der Waals surface area contributed by atoms with Gasteiger partial charge in [0, 0.05) is 13.1 Å². The van der Waals surface area contributed by atoms with E-state index in [1.807, 2.05) is 6.92 Å². The molecular weight excluding hydrogens is 224 g/mol. The van der Waals surface area contributed by atoms with Crippen molar-refractivity contribution in [3.05, 3.63) is 0 Å². The summed E-state index contributed by atoms with van der Waals surface area (Å²) >= 11 is 0. The topological polar surface area (TPSA) is 87.7 Å². The molecule has 6 heteroatoms. The molecule has 0 aliphatic heterocycles. The average molecular weight is 246 g/mol. The molecule has 17 heavy (non-hydrogen) atoms. The molecule has 100 valence electrons. The van der Waals surface area contributed by atoms with Crippen molar-refractivity contribution in [3.8, 4) is 0 Å². The van der Waals surface area contributed by atoms with Crippen LogP contribution in [-0.2, 0) is 14.3 Å². The Morgan fingerprint density at radius 1 is 1.35 bits per heavy atom. The number of rotatable bonds is 8. The van der Waals surface area contributed by atoms with Crippen LogP contribution in [0.3, 0.4) is 0 Å². The van der Waals surface area contributed by atoms with E-state index in [0.29, 0.717) is 13.2 Å². The summed E-state index contributed by atoms with van der Waals surface area (Å²) in [5, 5.41) is 15.0. The second-order valence-corrected chi connectivity index (χ2v) is 3.69. The van der Waals surface area contributed by atoms with Gasteiger partial charge in [-0.1, -0.05) is 0 Å². The molecule has 0 saturated heterocycles. The summed E-state index contributed by atoms with van der Waals surface area (Å²) in [4.78, 5) is 22.4. The highest BCUT2D eigenvalue weighted by molar-refractivity contribution is 5.81. The Morgan fingerprint density at radius 2 is 2.00 bits per heavy atom. The lowest BCUT2D eigenvalue weighted by Crippen LogP contribution is -2.45. The van der Waals surface area contributed by atoms with Crippen LogP contribution in [0.25, 0.3) is 0 Å². The number of nitrogens with one attached hydrogen (secondary N) is 2. The van der Waals surface area contributed by atoms with E-state index in [-0.39, 0.29) is 18.9 Å². The van der Waals surface area contributed by atoms with Gasteiger partial charge in [-0.2, -0.15) is 0 Å². The van der Waals surface area contributed by atoms with E-state index in [1.54, 1.807) is 13.8 Å². The molecule has 0 aromatic carbocycles. The maximum atomic E-state index is 11.3. The summed E-state index contributed by atoms with van der Waals surface area (Å²) in [5.41, 5.74) is 0. The molecule has 0 aliphatic carbocycles. The number of ether oxygens (including phenoxy) is 1. The summed E-state index contributed by atoms with van der Waals surface area (Å²) in [6.07, 6.45) is -0.908. The fourth-order valence-corrected chi connectivity index (χ4v) is 1.22. The second kappa shape index (κ2) is 8.95. The molecular formula is C11H22N2O4. The minimum atomic E-state index is -0.842. The molecule has 0 saturated carbocycles. The Balaban J connectivity index is 3.79. The van der Waals surface area contributed by atoms with Gasteiger partial charge in [-0.25, -0.2) is 0 Å². The molecule has 0 heterocycles. The standard InChI is InChI=1S/C11H22N2O4/c1-4-12-11(16)8(3)13-7-9(14)6-10(15)17-5-2/h8-9,13-14H,4-7H2,1-3H3,(H,12,16). The minimum absolute atomic E-state index is 0.0665. The van der Waals surface area contributed by atoms with Crippen LogP contribution in [0.5, 0.6) is 0 Å². The molecule has 0 rings (SSSR count). The van der Waals surface area contributed by atoms with Crippen molar-refractivity contribution >= 4 is 11.9 Å². The van der Waals surface area contributed by atoms with Crippen LogP contribution in [0.1, 0.15) is 27.2 Å². The van der Waals surface area contributed by atoms with Gasteiger partial charge in [0.15, 0.2) is 0 Å². The van der Waals surface area contributed by atoms with Crippen LogP contribution in [0.15, 0.2) is 0 Å². The summed E-state index contributed by atoms with van der Waals surface area (Å²) in [6, 6.07) is -0.396. The van der Waals surface area contributed by atoms with Gasteiger partial charge in [0.2, 0.25) is 5.91 Å².